The first-order valence-electron chi connectivity index (χ1n) is 6.33. The number of hydrogen-bond acceptors (Lipinski definition) is 3. The number of carboxylic acids is 1. The largest absolute Gasteiger partial charge is 0.481 e. The number of pyridine rings is 1. The summed E-state index contributed by atoms with van der Waals surface area (Å²) in [6.45, 7) is 1.88. The van der Waals surface area contributed by atoms with Crippen molar-refractivity contribution in [3.63, 3.8) is 0 Å². The Kier molecular flexibility index (Phi) is 3.02. The van der Waals surface area contributed by atoms with Crippen molar-refractivity contribution in [1.29, 1.82) is 0 Å². The molecule has 0 aliphatic carbocycles. The summed E-state index contributed by atoms with van der Waals surface area (Å²) in [4.78, 5) is 18.5. The molecule has 3 rings (SSSR count). The molecule has 0 unspecified atom stereocenters. The molecule has 0 saturated heterocycles. The minimum Gasteiger partial charge on any atom is -0.481 e. The number of carboxylic acid groups (broad SMARTS) is 1. The predicted octanol–water partition coefficient (Wildman–Crippen LogP) is 2.68. The van der Waals surface area contributed by atoms with Crippen LogP contribution in [0, 0.1) is 6.92 Å². The molecule has 0 radical (unpaired) electrons. The molecule has 5 heteroatoms. The van der Waals surface area contributed by atoms with Crippen LogP contribution in [0.3, 0.4) is 0 Å². The first-order chi connectivity index (χ1) is 9.65. The predicted molar refractivity (Wildman–Crippen MR) is 73.7 cm³/mol. The molecule has 0 spiro atoms. The monoisotopic (exact) mass is 270 g/mol. The van der Waals surface area contributed by atoms with Gasteiger partial charge in [0.15, 0.2) is 0 Å². The number of rotatable bonds is 4. The van der Waals surface area contributed by atoms with E-state index in [1.54, 1.807) is 18.7 Å². The topological polar surface area (TPSA) is 79.1 Å². The third-order valence-corrected chi connectivity index (χ3v) is 3.40. The molecule has 0 amide bonds. The number of aromatic nitrogens is 2. The van der Waals surface area contributed by atoms with E-state index in [-0.39, 0.29) is 6.42 Å². The first kappa shape index (κ1) is 12.5. The van der Waals surface area contributed by atoms with Crippen LogP contribution in [-0.4, -0.2) is 21.0 Å². The zero-order valence-corrected chi connectivity index (χ0v) is 11.0. The number of nitrogens with zero attached hydrogens (tertiary/aromatic N) is 1. The Hall–Kier alpha value is -2.56. The Morgan fingerprint density at radius 3 is 3.00 bits per heavy atom. The molecule has 0 fully saturated rings. The number of nitrogens with one attached hydrogen (secondary N) is 1. The van der Waals surface area contributed by atoms with E-state index in [1.165, 1.54) is 0 Å². The van der Waals surface area contributed by atoms with Gasteiger partial charge in [-0.1, -0.05) is 0 Å². The van der Waals surface area contributed by atoms with Gasteiger partial charge in [0, 0.05) is 23.7 Å². The van der Waals surface area contributed by atoms with E-state index in [4.69, 9.17) is 9.52 Å². The average molecular weight is 270 g/mol. The fourth-order valence-corrected chi connectivity index (χ4v) is 2.51. The van der Waals surface area contributed by atoms with Gasteiger partial charge < -0.3 is 14.5 Å². The smallest absolute Gasteiger partial charge is 0.307 e. The highest BCUT2D eigenvalue weighted by molar-refractivity contribution is 5.88. The number of aromatic amines is 1. The van der Waals surface area contributed by atoms with E-state index in [0.29, 0.717) is 6.42 Å². The van der Waals surface area contributed by atoms with Crippen LogP contribution in [0.4, 0.5) is 0 Å². The number of fused-ring (bicyclic) bond motifs is 1. The number of carbonyl (C=O) groups is 1. The second kappa shape index (κ2) is 4.85. The van der Waals surface area contributed by atoms with Crippen LogP contribution >= 0.6 is 0 Å². The Morgan fingerprint density at radius 2 is 2.30 bits per heavy atom. The average Bonchev–Trinajstić information content (AvgIpc) is 2.99. The third-order valence-electron chi connectivity index (χ3n) is 3.40. The Morgan fingerprint density at radius 1 is 1.45 bits per heavy atom. The minimum atomic E-state index is -0.841. The molecular formula is C15H14N2O3. The Labute approximate surface area is 115 Å². The van der Waals surface area contributed by atoms with E-state index in [2.05, 4.69) is 9.97 Å². The van der Waals surface area contributed by atoms with E-state index < -0.39 is 5.97 Å². The molecule has 2 N–H and O–H groups in total. The van der Waals surface area contributed by atoms with Crippen molar-refractivity contribution >= 4 is 17.0 Å². The summed E-state index contributed by atoms with van der Waals surface area (Å²) in [6, 6.07) is 3.83. The third kappa shape index (κ3) is 2.18. The van der Waals surface area contributed by atoms with Crippen LogP contribution in [0.15, 0.2) is 35.3 Å². The van der Waals surface area contributed by atoms with Crippen molar-refractivity contribution in [1.82, 2.24) is 9.97 Å². The maximum absolute atomic E-state index is 11.0. The number of aryl methyl sites for hydroxylation is 1. The lowest BCUT2D eigenvalue weighted by Gasteiger charge is -2.04. The van der Waals surface area contributed by atoms with Gasteiger partial charge in [-0.3, -0.25) is 4.79 Å². The Bertz CT molecular complexity index is 757. The molecule has 102 valence electrons. The minimum absolute atomic E-state index is 0.00405. The van der Waals surface area contributed by atoms with Gasteiger partial charge in [0.1, 0.15) is 5.65 Å². The molecular weight excluding hydrogens is 256 g/mol. The molecule has 5 nitrogen and oxygen atoms in total. The van der Waals surface area contributed by atoms with Gasteiger partial charge in [-0.15, -0.1) is 0 Å². The van der Waals surface area contributed by atoms with E-state index >= 15 is 0 Å². The van der Waals surface area contributed by atoms with Crippen molar-refractivity contribution in [3.05, 3.63) is 53.2 Å². The first-order valence-corrected chi connectivity index (χ1v) is 6.33. The van der Waals surface area contributed by atoms with Crippen molar-refractivity contribution in [3.8, 4) is 0 Å². The lowest BCUT2D eigenvalue weighted by atomic mass is 10.0. The summed E-state index contributed by atoms with van der Waals surface area (Å²) in [6.07, 6.45) is 5.75. The molecule has 3 aromatic heterocycles. The number of furan rings is 1. The van der Waals surface area contributed by atoms with Gasteiger partial charge >= 0.3 is 5.97 Å². The van der Waals surface area contributed by atoms with E-state index in [0.717, 1.165) is 33.4 Å². The van der Waals surface area contributed by atoms with Gasteiger partial charge in [0.05, 0.1) is 18.9 Å². The van der Waals surface area contributed by atoms with Crippen LogP contribution in [0.2, 0.25) is 0 Å². The highest BCUT2D eigenvalue weighted by Crippen LogP contribution is 2.26. The standard InChI is InChI=1S/C15H14N2O3/c1-9-12(7-13(18)19)14-11(2-4-16-15(14)17-9)6-10-3-5-20-8-10/h2-5,8H,6-7H2,1H3,(H,16,17)(H,18,19). The Balaban J connectivity index is 2.13. The van der Waals surface area contributed by atoms with Crippen molar-refractivity contribution in [2.24, 2.45) is 0 Å². The fourth-order valence-electron chi connectivity index (χ4n) is 2.51. The number of H-pyrrole nitrogens is 1. The highest BCUT2D eigenvalue weighted by Gasteiger charge is 2.16. The normalized spacial score (nSPS) is 11.1. The molecule has 0 aromatic carbocycles. The van der Waals surface area contributed by atoms with Crippen molar-refractivity contribution in [2.75, 3.05) is 0 Å². The molecule has 0 aliphatic heterocycles. The highest BCUT2D eigenvalue weighted by atomic mass is 16.4. The van der Waals surface area contributed by atoms with Crippen molar-refractivity contribution in [2.45, 2.75) is 19.8 Å². The van der Waals surface area contributed by atoms with Crippen LogP contribution in [0.1, 0.15) is 22.4 Å². The summed E-state index contributed by atoms with van der Waals surface area (Å²) in [5.41, 5.74) is 4.50. The van der Waals surface area contributed by atoms with Crippen molar-refractivity contribution < 1.29 is 14.3 Å². The number of aliphatic carboxylic acids is 1. The summed E-state index contributed by atoms with van der Waals surface area (Å²) in [5.74, 6) is -0.841. The molecule has 0 saturated carbocycles. The molecule has 3 aromatic rings. The lowest BCUT2D eigenvalue weighted by Crippen LogP contribution is -2.02. The molecule has 3 heterocycles. The van der Waals surface area contributed by atoms with Crippen LogP contribution in [0.25, 0.3) is 11.0 Å². The van der Waals surface area contributed by atoms with Gasteiger partial charge in [-0.2, -0.15) is 0 Å². The summed E-state index contributed by atoms with van der Waals surface area (Å²) >= 11 is 0. The van der Waals surface area contributed by atoms with Gasteiger partial charge in [0.2, 0.25) is 0 Å². The molecule has 0 aliphatic rings. The van der Waals surface area contributed by atoms with Gasteiger partial charge in [0.25, 0.3) is 0 Å². The molecule has 0 bridgehead atoms. The van der Waals surface area contributed by atoms with Gasteiger partial charge in [-0.25, -0.2) is 4.98 Å². The van der Waals surface area contributed by atoms with Crippen LogP contribution in [-0.2, 0) is 17.6 Å². The summed E-state index contributed by atoms with van der Waals surface area (Å²) in [7, 11) is 0. The molecule has 20 heavy (non-hydrogen) atoms. The van der Waals surface area contributed by atoms with E-state index in [1.807, 2.05) is 19.1 Å². The molecule has 0 atom stereocenters. The summed E-state index contributed by atoms with van der Waals surface area (Å²) in [5, 5.41) is 9.98. The zero-order valence-electron chi connectivity index (χ0n) is 11.0. The number of hydrogen-bond donors (Lipinski definition) is 2. The van der Waals surface area contributed by atoms with Gasteiger partial charge in [-0.05, 0) is 35.7 Å². The lowest BCUT2D eigenvalue weighted by molar-refractivity contribution is -0.136. The SMILES string of the molecule is Cc1[nH]c2nccc(Cc3ccoc3)c2c1CC(=O)O. The second-order valence-electron chi connectivity index (χ2n) is 4.80. The van der Waals surface area contributed by atoms with E-state index in [9.17, 15) is 4.79 Å². The quantitative estimate of drug-likeness (QED) is 0.764. The second-order valence-corrected chi connectivity index (χ2v) is 4.80. The van der Waals surface area contributed by atoms with Crippen LogP contribution < -0.4 is 0 Å². The fraction of sp³-hybridized carbons (Fsp3) is 0.200. The maximum Gasteiger partial charge on any atom is 0.307 e. The maximum atomic E-state index is 11.0. The van der Waals surface area contributed by atoms with Crippen LogP contribution in [0.5, 0.6) is 0 Å². The summed E-state index contributed by atoms with van der Waals surface area (Å²) < 4.78 is 5.08. The zero-order chi connectivity index (χ0) is 14.1.